The number of nitrogens with zero attached hydrogens (tertiary/aromatic N) is 3. The highest BCUT2D eigenvalue weighted by molar-refractivity contribution is 5.33. The van der Waals surface area contributed by atoms with Crippen LogP contribution in [0.1, 0.15) is 12.2 Å². The first kappa shape index (κ1) is 12.3. The van der Waals surface area contributed by atoms with E-state index in [0.717, 1.165) is 30.5 Å². The van der Waals surface area contributed by atoms with Crippen LogP contribution in [0, 0.1) is 5.92 Å². The van der Waals surface area contributed by atoms with Gasteiger partial charge in [0.05, 0.1) is 0 Å². The van der Waals surface area contributed by atoms with Crippen LogP contribution >= 0.6 is 0 Å². The molecule has 17 heavy (non-hydrogen) atoms. The third-order valence-corrected chi connectivity index (χ3v) is 3.13. The summed E-state index contributed by atoms with van der Waals surface area (Å²) >= 11 is 0. The molecule has 0 saturated carbocycles. The molecule has 1 aliphatic rings. The summed E-state index contributed by atoms with van der Waals surface area (Å²) in [6.45, 7) is 3.96. The van der Waals surface area contributed by atoms with Gasteiger partial charge in [-0.15, -0.1) is 0 Å². The van der Waals surface area contributed by atoms with Crippen LogP contribution < -0.4 is 11.1 Å². The second kappa shape index (κ2) is 5.93. The van der Waals surface area contributed by atoms with Crippen molar-refractivity contribution in [3.8, 4) is 0 Å². The Kier molecular flexibility index (Phi) is 4.28. The molecule has 2 rings (SSSR count). The Labute approximate surface area is 102 Å². The molecule has 1 atom stereocenters. The zero-order valence-corrected chi connectivity index (χ0v) is 10.4. The molecule has 94 valence electrons. The smallest absolute Gasteiger partial charge is 0.131 e. The van der Waals surface area contributed by atoms with E-state index in [0.29, 0.717) is 6.54 Å². The van der Waals surface area contributed by atoms with Crippen molar-refractivity contribution in [2.24, 2.45) is 11.7 Å². The van der Waals surface area contributed by atoms with E-state index in [9.17, 15) is 0 Å². The van der Waals surface area contributed by atoms with Gasteiger partial charge in [-0.25, -0.2) is 9.97 Å². The van der Waals surface area contributed by atoms with Gasteiger partial charge in [-0.3, -0.25) is 0 Å². The number of hydrogen-bond donors (Lipinski definition) is 2. The van der Waals surface area contributed by atoms with Gasteiger partial charge in [0.2, 0.25) is 0 Å². The Balaban J connectivity index is 1.83. The van der Waals surface area contributed by atoms with Crippen LogP contribution in [0.4, 0.5) is 5.82 Å². The lowest BCUT2D eigenvalue weighted by atomic mass is 10.1. The number of anilines is 1. The van der Waals surface area contributed by atoms with Crippen LogP contribution in [0.5, 0.6) is 0 Å². The van der Waals surface area contributed by atoms with Gasteiger partial charge >= 0.3 is 0 Å². The molecule has 1 unspecified atom stereocenters. The second-order valence-corrected chi connectivity index (χ2v) is 4.69. The van der Waals surface area contributed by atoms with E-state index in [-0.39, 0.29) is 0 Å². The van der Waals surface area contributed by atoms with E-state index in [1.54, 1.807) is 6.20 Å². The highest BCUT2D eigenvalue weighted by Crippen LogP contribution is 2.14. The Morgan fingerprint density at radius 1 is 1.59 bits per heavy atom. The molecule has 1 fully saturated rings. The average Bonchev–Trinajstić information content (AvgIpc) is 2.74. The summed E-state index contributed by atoms with van der Waals surface area (Å²) in [5.41, 5.74) is 5.49. The largest absolute Gasteiger partial charge is 0.370 e. The Morgan fingerprint density at radius 2 is 2.47 bits per heavy atom. The van der Waals surface area contributed by atoms with Gasteiger partial charge in [0.15, 0.2) is 0 Å². The van der Waals surface area contributed by atoms with Gasteiger partial charge in [-0.2, -0.15) is 0 Å². The fourth-order valence-corrected chi connectivity index (χ4v) is 2.19. The van der Waals surface area contributed by atoms with Crippen molar-refractivity contribution in [2.75, 3.05) is 38.5 Å². The van der Waals surface area contributed by atoms with Gasteiger partial charge < -0.3 is 16.0 Å². The molecule has 2 heterocycles. The molecule has 5 nitrogen and oxygen atoms in total. The van der Waals surface area contributed by atoms with Crippen molar-refractivity contribution in [3.05, 3.63) is 18.1 Å². The fraction of sp³-hybridized carbons (Fsp3) is 0.667. The molecule has 0 amide bonds. The van der Waals surface area contributed by atoms with E-state index < -0.39 is 0 Å². The van der Waals surface area contributed by atoms with E-state index in [2.05, 4.69) is 27.2 Å². The summed E-state index contributed by atoms with van der Waals surface area (Å²) < 4.78 is 0. The summed E-state index contributed by atoms with van der Waals surface area (Å²) in [4.78, 5) is 11.0. The van der Waals surface area contributed by atoms with Crippen LogP contribution in [-0.2, 0) is 6.42 Å². The molecule has 0 bridgehead atoms. The summed E-state index contributed by atoms with van der Waals surface area (Å²) in [6, 6.07) is 1.92. The summed E-state index contributed by atoms with van der Waals surface area (Å²) in [7, 11) is 2.17. The van der Waals surface area contributed by atoms with Crippen molar-refractivity contribution in [1.29, 1.82) is 0 Å². The van der Waals surface area contributed by atoms with Gasteiger partial charge in [-0.1, -0.05) is 0 Å². The molecule has 1 aliphatic heterocycles. The number of nitrogens with two attached hydrogens (primary N) is 1. The normalized spacial score (nSPS) is 20.7. The van der Waals surface area contributed by atoms with E-state index in [1.165, 1.54) is 19.5 Å². The van der Waals surface area contributed by atoms with Gasteiger partial charge in [0.1, 0.15) is 11.6 Å². The first-order valence-corrected chi connectivity index (χ1v) is 6.22. The highest BCUT2D eigenvalue weighted by Gasteiger charge is 2.18. The van der Waals surface area contributed by atoms with E-state index in [1.807, 2.05) is 6.07 Å². The molecule has 0 radical (unpaired) electrons. The Bertz CT molecular complexity index is 355. The molecule has 1 aromatic heterocycles. The minimum Gasteiger partial charge on any atom is -0.370 e. The molecule has 1 saturated heterocycles. The van der Waals surface area contributed by atoms with E-state index >= 15 is 0 Å². The number of likely N-dealkylation sites (tertiary alicyclic amines) is 1. The van der Waals surface area contributed by atoms with Crippen molar-refractivity contribution in [2.45, 2.75) is 12.8 Å². The number of rotatable bonds is 5. The Morgan fingerprint density at radius 3 is 3.18 bits per heavy atom. The van der Waals surface area contributed by atoms with Crippen LogP contribution in [0.3, 0.4) is 0 Å². The molecule has 1 aromatic rings. The summed E-state index contributed by atoms with van der Waals surface area (Å²) in [6.07, 6.45) is 3.80. The maximum atomic E-state index is 5.49. The minimum atomic E-state index is 0.594. The third kappa shape index (κ3) is 3.64. The molecule has 0 aliphatic carbocycles. The molecule has 5 heteroatoms. The summed E-state index contributed by atoms with van der Waals surface area (Å²) in [5, 5.41) is 3.39. The molecular formula is C12H21N5. The first-order chi connectivity index (χ1) is 8.28. The SMILES string of the molecule is CN1CCC(CNc2ccnc(CCN)n2)C1. The quantitative estimate of drug-likeness (QED) is 0.770. The maximum Gasteiger partial charge on any atom is 0.131 e. The minimum absolute atomic E-state index is 0.594. The lowest BCUT2D eigenvalue weighted by Gasteiger charge is -2.12. The van der Waals surface area contributed by atoms with Crippen LogP contribution in [0.25, 0.3) is 0 Å². The van der Waals surface area contributed by atoms with E-state index in [4.69, 9.17) is 5.73 Å². The third-order valence-electron chi connectivity index (χ3n) is 3.13. The molecule has 0 aromatic carbocycles. The summed E-state index contributed by atoms with van der Waals surface area (Å²) in [5.74, 6) is 2.46. The van der Waals surface area contributed by atoms with Crippen molar-refractivity contribution in [3.63, 3.8) is 0 Å². The fourth-order valence-electron chi connectivity index (χ4n) is 2.19. The lowest BCUT2D eigenvalue weighted by molar-refractivity contribution is 0.399. The van der Waals surface area contributed by atoms with Gasteiger partial charge in [-0.05, 0) is 38.5 Å². The first-order valence-electron chi connectivity index (χ1n) is 6.22. The van der Waals surface area contributed by atoms with Gasteiger partial charge in [0.25, 0.3) is 0 Å². The second-order valence-electron chi connectivity index (χ2n) is 4.69. The van der Waals surface area contributed by atoms with Gasteiger partial charge in [0, 0.05) is 25.7 Å². The van der Waals surface area contributed by atoms with Crippen LogP contribution in [0.15, 0.2) is 12.3 Å². The maximum absolute atomic E-state index is 5.49. The van der Waals surface area contributed by atoms with Crippen molar-refractivity contribution >= 4 is 5.82 Å². The standard InChI is InChI=1S/C12H21N5/c1-17-7-4-10(9-17)8-15-12-3-6-14-11(16-12)2-5-13/h3,6,10H,2,4-5,7-9,13H2,1H3,(H,14,15,16). The highest BCUT2D eigenvalue weighted by atomic mass is 15.1. The molecule has 0 spiro atoms. The topological polar surface area (TPSA) is 67.1 Å². The zero-order valence-electron chi connectivity index (χ0n) is 10.4. The zero-order chi connectivity index (χ0) is 12.1. The number of aromatic nitrogens is 2. The average molecular weight is 235 g/mol. The van der Waals surface area contributed by atoms with Crippen molar-refractivity contribution in [1.82, 2.24) is 14.9 Å². The predicted octanol–water partition coefficient (Wildman–Crippen LogP) is 0.341. The van der Waals surface area contributed by atoms with Crippen molar-refractivity contribution < 1.29 is 0 Å². The molecule has 3 N–H and O–H groups in total. The number of hydrogen-bond acceptors (Lipinski definition) is 5. The monoisotopic (exact) mass is 235 g/mol. The predicted molar refractivity (Wildman–Crippen MR) is 68.9 cm³/mol. The van der Waals surface area contributed by atoms with Crippen LogP contribution in [0.2, 0.25) is 0 Å². The Hall–Kier alpha value is -1.20. The lowest BCUT2D eigenvalue weighted by Crippen LogP contribution is -2.19. The number of nitrogens with one attached hydrogen (secondary N) is 1. The van der Waals surface area contributed by atoms with Crippen LogP contribution in [-0.4, -0.2) is 48.1 Å². The molecular weight excluding hydrogens is 214 g/mol.